The maximum atomic E-state index is 11.8. The van der Waals surface area contributed by atoms with Gasteiger partial charge in [-0.3, -0.25) is 4.79 Å². The number of aryl methyl sites for hydroxylation is 1. The van der Waals surface area contributed by atoms with Crippen LogP contribution in [0, 0.1) is 6.92 Å². The third kappa shape index (κ3) is 3.37. The van der Waals surface area contributed by atoms with Gasteiger partial charge in [0.1, 0.15) is 23.2 Å². The number of amides is 1. The van der Waals surface area contributed by atoms with Crippen molar-refractivity contribution in [2.45, 2.75) is 19.6 Å². The molecule has 1 atom stereocenters. The molecule has 1 aliphatic rings. The van der Waals surface area contributed by atoms with Crippen LogP contribution in [0.15, 0.2) is 10.5 Å². The van der Waals surface area contributed by atoms with Gasteiger partial charge in [0.25, 0.3) is 5.91 Å². The number of morpholine rings is 1. The first kappa shape index (κ1) is 14.5. The van der Waals surface area contributed by atoms with Crippen LogP contribution in [0.2, 0.25) is 0 Å². The molecule has 1 fully saturated rings. The van der Waals surface area contributed by atoms with E-state index in [2.05, 4.69) is 15.4 Å². The number of hydrogen-bond acceptors (Lipinski definition) is 6. The first-order valence-corrected chi connectivity index (χ1v) is 6.39. The summed E-state index contributed by atoms with van der Waals surface area (Å²) in [5.41, 5.74) is 0.368. The second-order valence-corrected chi connectivity index (χ2v) is 4.46. The van der Waals surface area contributed by atoms with Gasteiger partial charge in [0.05, 0.1) is 20.3 Å². The summed E-state index contributed by atoms with van der Waals surface area (Å²) in [4.78, 5) is 23.3. The minimum Gasteiger partial charge on any atom is -0.465 e. The van der Waals surface area contributed by atoms with E-state index in [4.69, 9.17) is 9.15 Å². The molecule has 110 valence electrons. The summed E-state index contributed by atoms with van der Waals surface area (Å²) in [5, 5.41) is 5.80. The predicted octanol–water partition coefficient (Wildman–Crippen LogP) is -0.0208. The fourth-order valence-corrected chi connectivity index (χ4v) is 1.97. The standard InChI is InChI=1S/C13H18N2O5/c1-8-10(13(17)18-2)5-9(20-8)6-15-12(16)11-7-14-3-4-19-11/h5,11,14H,3-4,6-7H2,1-2H3,(H,15,16). The number of carbonyl (C=O) groups excluding carboxylic acids is 2. The predicted molar refractivity (Wildman–Crippen MR) is 69.2 cm³/mol. The van der Waals surface area contributed by atoms with Crippen LogP contribution in [0.3, 0.4) is 0 Å². The molecule has 1 amide bonds. The molecule has 0 bridgehead atoms. The number of carbonyl (C=O) groups is 2. The van der Waals surface area contributed by atoms with Gasteiger partial charge in [0.15, 0.2) is 0 Å². The minimum absolute atomic E-state index is 0.203. The summed E-state index contributed by atoms with van der Waals surface area (Å²) in [7, 11) is 1.31. The van der Waals surface area contributed by atoms with Gasteiger partial charge in [-0.05, 0) is 13.0 Å². The van der Waals surface area contributed by atoms with Gasteiger partial charge in [-0.15, -0.1) is 0 Å². The smallest absolute Gasteiger partial charge is 0.341 e. The molecule has 1 aromatic heterocycles. The van der Waals surface area contributed by atoms with Gasteiger partial charge in [-0.2, -0.15) is 0 Å². The molecule has 1 aromatic rings. The second kappa shape index (κ2) is 6.53. The van der Waals surface area contributed by atoms with E-state index in [0.717, 1.165) is 6.54 Å². The fourth-order valence-electron chi connectivity index (χ4n) is 1.97. The highest BCUT2D eigenvalue weighted by atomic mass is 16.5. The van der Waals surface area contributed by atoms with Crippen LogP contribution in [0.4, 0.5) is 0 Å². The number of furan rings is 1. The van der Waals surface area contributed by atoms with Crippen molar-refractivity contribution in [2.24, 2.45) is 0 Å². The number of hydrogen-bond donors (Lipinski definition) is 2. The Labute approximate surface area is 116 Å². The van der Waals surface area contributed by atoms with Crippen molar-refractivity contribution >= 4 is 11.9 Å². The number of esters is 1. The Hall–Kier alpha value is -1.86. The first-order chi connectivity index (χ1) is 9.61. The van der Waals surface area contributed by atoms with Crippen LogP contribution < -0.4 is 10.6 Å². The van der Waals surface area contributed by atoms with Crippen molar-refractivity contribution in [3.63, 3.8) is 0 Å². The van der Waals surface area contributed by atoms with Gasteiger partial charge in [-0.25, -0.2) is 4.79 Å². The van der Waals surface area contributed by atoms with Crippen LogP contribution in [0.25, 0.3) is 0 Å². The average Bonchev–Trinajstić information content (AvgIpc) is 2.86. The highest BCUT2D eigenvalue weighted by Crippen LogP contribution is 2.15. The maximum absolute atomic E-state index is 11.8. The Morgan fingerprint density at radius 1 is 1.55 bits per heavy atom. The van der Waals surface area contributed by atoms with Gasteiger partial charge in [0, 0.05) is 13.1 Å². The molecule has 7 nitrogen and oxygen atoms in total. The van der Waals surface area contributed by atoms with E-state index >= 15 is 0 Å². The van der Waals surface area contributed by atoms with Gasteiger partial charge >= 0.3 is 5.97 Å². The summed E-state index contributed by atoms with van der Waals surface area (Å²) in [6.07, 6.45) is -0.486. The molecule has 0 saturated carbocycles. The van der Waals surface area contributed by atoms with Crippen molar-refractivity contribution < 1.29 is 23.5 Å². The Bertz CT molecular complexity index is 491. The highest BCUT2D eigenvalue weighted by Gasteiger charge is 2.22. The molecule has 2 heterocycles. The van der Waals surface area contributed by atoms with Gasteiger partial charge in [0.2, 0.25) is 0 Å². The molecular formula is C13H18N2O5. The Balaban J connectivity index is 1.90. The lowest BCUT2D eigenvalue weighted by Crippen LogP contribution is -2.47. The average molecular weight is 282 g/mol. The monoisotopic (exact) mass is 282 g/mol. The SMILES string of the molecule is COC(=O)c1cc(CNC(=O)C2CNCCO2)oc1C. The van der Waals surface area contributed by atoms with Crippen molar-refractivity contribution in [1.82, 2.24) is 10.6 Å². The highest BCUT2D eigenvalue weighted by molar-refractivity contribution is 5.90. The van der Waals surface area contributed by atoms with Crippen LogP contribution >= 0.6 is 0 Å². The summed E-state index contributed by atoms with van der Waals surface area (Å²) >= 11 is 0. The van der Waals surface area contributed by atoms with Crippen LogP contribution in [-0.4, -0.2) is 44.8 Å². The largest absolute Gasteiger partial charge is 0.465 e. The van der Waals surface area contributed by atoms with Crippen LogP contribution in [0.1, 0.15) is 21.9 Å². The third-order valence-electron chi connectivity index (χ3n) is 3.03. The molecule has 2 N–H and O–H groups in total. The fraction of sp³-hybridized carbons (Fsp3) is 0.538. The van der Waals surface area contributed by atoms with E-state index in [1.807, 2.05) is 0 Å². The van der Waals surface area contributed by atoms with Gasteiger partial charge < -0.3 is 24.5 Å². The molecule has 0 aliphatic carbocycles. The molecule has 1 saturated heterocycles. The number of rotatable bonds is 4. The van der Waals surface area contributed by atoms with E-state index in [1.54, 1.807) is 13.0 Å². The zero-order chi connectivity index (χ0) is 14.5. The quantitative estimate of drug-likeness (QED) is 0.754. The second-order valence-electron chi connectivity index (χ2n) is 4.46. The normalized spacial score (nSPS) is 18.6. The lowest BCUT2D eigenvalue weighted by Gasteiger charge is -2.22. The van der Waals surface area contributed by atoms with E-state index < -0.39 is 12.1 Å². The van der Waals surface area contributed by atoms with Crippen molar-refractivity contribution in [3.8, 4) is 0 Å². The van der Waals surface area contributed by atoms with E-state index in [9.17, 15) is 9.59 Å². The molecule has 1 unspecified atom stereocenters. The van der Waals surface area contributed by atoms with Gasteiger partial charge in [-0.1, -0.05) is 0 Å². The van der Waals surface area contributed by atoms with Crippen molar-refractivity contribution in [2.75, 3.05) is 26.8 Å². The summed E-state index contributed by atoms with van der Waals surface area (Å²) < 4.78 is 15.4. The minimum atomic E-state index is -0.486. The zero-order valence-corrected chi connectivity index (χ0v) is 11.5. The third-order valence-corrected chi connectivity index (χ3v) is 3.03. The van der Waals surface area contributed by atoms with Crippen molar-refractivity contribution in [3.05, 3.63) is 23.2 Å². The topological polar surface area (TPSA) is 89.8 Å². The molecule has 1 aliphatic heterocycles. The van der Waals surface area contributed by atoms with Crippen LogP contribution in [-0.2, 0) is 20.8 Å². The first-order valence-electron chi connectivity index (χ1n) is 6.39. The number of methoxy groups -OCH3 is 1. The number of nitrogens with one attached hydrogen (secondary N) is 2. The molecule has 0 aromatic carbocycles. The summed E-state index contributed by atoms with van der Waals surface area (Å²) in [5.74, 6) is 0.311. The van der Waals surface area contributed by atoms with E-state index in [-0.39, 0.29) is 12.5 Å². The van der Waals surface area contributed by atoms with Crippen LogP contribution in [0.5, 0.6) is 0 Å². The molecule has 20 heavy (non-hydrogen) atoms. The summed E-state index contributed by atoms with van der Waals surface area (Å²) in [6, 6.07) is 1.57. The number of ether oxygens (including phenoxy) is 2. The molecule has 7 heteroatoms. The molecule has 0 spiro atoms. The zero-order valence-electron chi connectivity index (χ0n) is 11.5. The lowest BCUT2D eigenvalue weighted by molar-refractivity contribution is -0.134. The maximum Gasteiger partial charge on any atom is 0.341 e. The Morgan fingerprint density at radius 3 is 3.00 bits per heavy atom. The summed E-state index contributed by atoms with van der Waals surface area (Å²) in [6.45, 7) is 3.65. The lowest BCUT2D eigenvalue weighted by atomic mass is 10.2. The van der Waals surface area contributed by atoms with E-state index in [1.165, 1.54) is 7.11 Å². The Morgan fingerprint density at radius 2 is 2.35 bits per heavy atom. The molecule has 0 radical (unpaired) electrons. The molecule has 2 rings (SSSR count). The Kier molecular flexibility index (Phi) is 4.75. The van der Waals surface area contributed by atoms with E-state index in [0.29, 0.717) is 30.2 Å². The molecular weight excluding hydrogens is 264 g/mol. The van der Waals surface area contributed by atoms with Crippen molar-refractivity contribution in [1.29, 1.82) is 0 Å².